The van der Waals surface area contributed by atoms with Crippen molar-refractivity contribution in [3.8, 4) is 0 Å². The molecule has 0 radical (unpaired) electrons. The van der Waals surface area contributed by atoms with Crippen molar-refractivity contribution in [3.05, 3.63) is 59.5 Å². The molecule has 1 heterocycles. The fourth-order valence-corrected chi connectivity index (χ4v) is 1.64. The molecule has 4 heteroatoms. The van der Waals surface area contributed by atoms with Gasteiger partial charge in [0.05, 0.1) is 12.0 Å². The zero-order valence-electron chi connectivity index (χ0n) is 10.3. The van der Waals surface area contributed by atoms with Gasteiger partial charge in [-0.15, -0.1) is 0 Å². The molecule has 92 valence electrons. The van der Waals surface area contributed by atoms with E-state index in [1.165, 1.54) is 6.26 Å². The minimum atomic E-state index is -0.354. The summed E-state index contributed by atoms with van der Waals surface area (Å²) in [5, 5.41) is 4.07. The highest BCUT2D eigenvalue weighted by Crippen LogP contribution is 2.08. The fraction of sp³-hybridized carbons (Fsp3) is 0.143. The molecule has 1 N–H and O–H groups in total. The summed E-state index contributed by atoms with van der Waals surface area (Å²) in [6, 6.07) is 11.1. The molecule has 2 aromatic rings. The van der Waals surface area contributed by atoms with Crippen LogP contribution < -0.4 is 5.43 Å². The molecular formula is C14H14N2O2. The molecule has 0 bridgehead atoms. The number of benzene rings is 1. The minimum absolute atomic E-state index is 0.247. The first kappa shape index (κ1) is 12.1. The van der Waals surface area contributed by atoms with Gasteiger partial charge in [-0.3, -0.25) is 4.79 Å². The zero-order valence-corrected chi connectivity index (χ0v) is 10.3. The van der Waals surface area contributed by atoms with Crippen LogP contribution in [-0.4, -0.2) is 11.6 Å². The van der Waals surface area contributed by atoms with Gasteiger partial charge in [0, 0.05) is 5.56 Å². The Labute approximate surface area is 105 Å². The summed E-state index contributed by atoms with van der Waals surface area (Å²) < 4.78 is 4.98. The summed E-state index contributed by atoms with van der Waals surface area (Å²) in [7, 11) is 0. The van der Waals surface area contributed by atoms with Crippen LogP contribution in [0, 0.1) is 6.92 Å². The normalized spacial score (nSPS) is 11.3. The van der Waals surface area contributed by atoms with Crippen molar-refractivity contribution in [1.29, 1.82) is 0 Å². The lowest BCUT2D eigenvalue weighted by Gasteiger charge is -2.04. The van der Waals surface area contributed by atoms with Crippen molar-refractivity contribution in [2.24, 2.45) is 5.10 Å². The number of hydrazone groups is 1. The highest BCUT2D eigenvalue weighted by Gasteiger charge is 2.07. The number of hydrogen-bond donors (Lipinski definition) is 1. The van der Waals surface area contributed by atoms with E-state index >= 15 is 0 Å². The maximum absolute atomic E-state index is 11.6. The lowest BCUT2D eigenvalue weighted by atomic mass is 10.1. The van der Waals surface area contributed by atoms with Crippen molar-refractivity contribution in [2.75, 3.05) is 0 Å². The second kappa shape index (κ2) is 5.31. The Morgan fingerprint density at radius 3 is 2.67 bits per heavy atom. The molecule has 0 saturated carbocycles. The van der Waals surface area contributed by atoms with E-state index in [2.05, 4.69) is 10.5 Å². The fourth-order valence-electron chi connectivity index (χ4n) is 1.64. The molecule has 18 heavy (non-hydrogen) atoms. The number of amides is 1. The van der Waals surface area contributed by atoms with Crippen LogP contribution in [0.25, 0.3) is 0 Å². The first-order valence-electron chi connectivity index (χ1n) is 5.62. The summed E-state index contributed by atoms with van der Waals surface area (Å²) >= 11 is 0. The van der Waals surface area contributed by atoms with Crippen molar-refractivity contribution in [1.82, 2.24) is 5.43 Å². The standard InChI is InChI=1S/C14H14N2O2/c1-10-6-3-4-7-12(10)11(2)15-16-14(17)13-8-5-9-18-13/h3-9H,1-2H3,(H,16,17)/b15-11-. The van der Waals surface area contributed by atoms with Crippen LogP contribution >= 0.6 is 0 Å². The van der Waals surface area contributed by atoms with E-state index in [0.717, 1.165) is 16.8 Å². The molecule has 1 amide bonds. The molecule has 4 nitrogen and oxygen atoms in total. The van der Waals surface area contributed by atoms with Crippen LogP contribution in [0.3, 0.4) is 0 Å². The third kappa shape index (κ3) is 2.66. The average molecular weight is 242 g/mol. The van der Waals surface area contributed by atoms with Crippen LogP contribution in [0.2, 0.25) is 0 Å². The second-order valence-corrected chi connectivity index (χ2v) is 3.93. The number of carbonyl (C=O) groups excluding carboxylic acids is 1. The van der Waals surface area contributed by atoms with Gasteiger partial charge in [-0.2, -0.15) is 5.10 Å². The van der Waals surface area contributed by atoms with Gasteiger partial charge >= 0.3 is 5.91 Å². The number of furan rings is 1. The molecule has 0 spiro atoms. The van der Waals surface area contributed by atoms with Crippen LogP contribution in [0.1, 0.15) is 28.6 Å². The molecule has 0 aliphatic carbocycles. The molecule has 0 aliphatic heterocycles. The number of hydrogen-bond acceptors (Lipinski definition) is 3. The molecule has 1 aromatic heterocycles. The number of nitrogens with zero attached hydrogens (tertiary/aromatic N) is 1. The predicted octanol–water partition coefficient (Wildman–Crippen LogP) is 2.74. The number of carbonyl (C=O) groups is 1. The van der Waals surface area contributed by atoms with Crippen molar-refractivity contribution in [3.63, 3.8) is 0 Å². The van der Waals surface area contributed by atoms with E-state index < -0.39 is 0 Å². The molecule has 0 aliphatic rings. The summed E-state index contributed by atoms with van der Waals surface area (Å²) in [6.45, 7) is 3.85. The smallest absolute Gasteiger partial charge is 0.307 e. The third-order valence-electron chi connectivity index (χ3n) is 2.60. The number of nitrogens with one attached hydrogen (secondary N) is 1. The van der Waals surface area contributed by atoms with Gasteiger partial charge in [0.25, 0.3) is 0 Å². The summed E-state index contributed by atoms with van der Waals surface area (Å²) in [6.07, 6.45) is 1.45. The third-order valence-corrected chi connectivity index (χ3v) is 2.60. The second-order valence-electron chi connectivity index (χ2n) is 3.93. The lowest BCUT2D eigenvalue weighted by molar-refractivity contribution is 0.0927. The van der Waals surface area contributed by atoms with Crippen LogP contribution in [0.4, 0.5) is 0 Å². The Balaban J connectivity index is 2.11. The Bertz CT molecular complexity index is 571. The van der Waals surface area contributed by atoms with Gasteiger partial charge in [0.1, 0.15) is 0 Å². The molecule has 0 unspecified atom stereocenters. The van der Waals surface area contributed by atoms with E-state index in [4.69, 9.17) is 4.42 Å². The van der Waals surface area contributed by atoms with E-state index in [9.17, 15) is 4.79 Å². The van der Waals surface area contributed by atoms with Gasteiger partial charge in [-0.25, -0.2) is 5.43 Å². The summed E-state index contributed by atoms with van der Waals surface area (Å²) in [5.74, 6) is -0.107. The first-order chi connectivity index (χ1) is 8.68. The maximum Gasteiger partial charge on any atom is 0.307 e. The van der Waals surface area contributed by atoms with E-state index in [1.807, 2.05) is 38.1 Å². The summed E-state index contributed by atoms with van der Waals surface area (Å²) in [4.78, 5) is 11.6. The molecular weight excluding hydrogens is 228 g/mol. The van der Waals surface area contributed by atoms with E-state index in [-0.39, 0.29) is 11.7 Å². The lowest BCUT2D eigenvalue weighted by Crippen LogP contribution is -2.18. The largest absolute Gasteiger partial charge is 0.459 e. The van der Waals surface area contributed by atoms with Crippen LogP contribution in [0.5, 0.6) is 0 Å². The van der Waals surface area contributed by atoms with E-state index in [0.29, 0.717) is 0 Å². The van der Waals surface area contributed by atoms with Gasteiger partial charge < -0.3 is 4.42 Å². The Hall–Kier alpha value is -2.36. The SMILES string of the molecule is C/C(=N/NC(=O)c1ccco1)c1ccccc1C. The van der Waals surface area contributed by atoms with E-state index in [1.54, 1.807) is 12.1 Å². The Morgan fingerprint density at radius 2 is 2.00 bits per heavy atom. The predicted molar refractivity (Wildman–Crippen MR) is 69.6 cm³/mol. The van der Waals surface area contributed by atoms with Crippen LogP contribution in [-0.2, 0) is 0 Å². The van der Waals surface area contributed by atoms with Gasteiger partial charge in [-0.1, -0.05) is 24.3 Å². The first-order valence-corrected chi connectivity index (χ1v) is 5.62. The summed E-state index contributed by atoms with van der Waals surface area (Å²) in [5.41, 5.74) is 5.35. The van der Waals surface area contributed by atoms with Gasteiger partial charge in [0.15, 0.2) is 5.76 Å². The van der Waals surface area contributed by atoms with Crippen molar-refractivity contribution >= 4 is 11.6 Å². The topological polar surface area (TPSA) is 54.6 Å². The Morgan fingerprint density at radius 1 is 1.22 bits per heavy atom. The highest BCUT2D eigenvalue weighted by molar-refractivity contribution is 6.01. The molecule has 2 rings (SSSR count). The van der Waals surface area contributed by atoms with Crippen molar-refractivity contribution in [2.45, 2.75) is 13.8 Å². The maximum atomic E-state index is 11.6. The monoisotopic (exact) mass is 242 g/mol. The Kier molecular flexibility index (Phi) is 3.57. The minimum Gasteiger partial charge on any atom is -0.459 e. The average Bonchev–Trinajstić information content (AvgIpc) is 2.90. The number of aryl methyl sites for hydroxylation is 1. The quantitative estimate of drug-likeness (QED) is 0.664. The molecule has 0 fully saturated rings. The van der Waals surface area contributed by atoms with Crippen molar-refractivity contribution < 1.29 is 9.21 Å². The van der Waals surface area contributed by atoms with Crippen LogP contribution in [0.15, 0.2) is 52.2 Å². The molecule has 1 aromatic carbocycles. The zero-order chi connectivity index (χ0) is 13.0. The number of rotatable bonds is 3. The highest BCUT2D eigenvalue weighted by atomic mass is 16.3. The van der Waals surface area contributed by atoms with Gasteiger partial charge in [0.2, 0.25) is 0 Å². The van der Waals surface area contributed by atoms with Gasteiger partial charge in [-0.05, 0) is 31.5 Å². The molecule has 0 saturated heterocycles. The molecule has 0 atom stereocenters.